The molecule has 0 saturated heterocycles. The van der Waals surface area contributed by atoms with Crippen LogP contribution in [0.4, 0.5) is 0 Å². The molecule has 0 spiro atoms. The molecule has 3 aromatic heterocycles. The van der Waals surface area contributed by atoms with Crippen LogP contribution >= 0.6 is 0 Å². The Balaban J connectivity index is 1.43. The zero-order chi connectivity index (χ0) is 54.7. The van der Waals surface area contributed by atoms with Crippen LogP contribution in [-0.2, 0) is 32.5 Å². The number of nitrogens with one attached hydrogen (secondary N) is 2. The van der Waals surface area contributed by atoms with Crippen LogP contribution in [0.25, 0.3) is 102 Å². The molecule has 0 radical (unpaired) electrons. The van der Waals surface area contributed by atoms with Crippen LogP contribution in [0.3, 0.4) is 0 Å². The zero-order valence-corrected chi connectivity index (χ0v) is 48.8. The topological polar surface area (TPSA) is 57.4 Å². The van der Waals surface area contributed by atoms with Crippen molar-refractivity contribution in [2.45, 2.75) is 157 Å². The molecule has 10 rings (SSSR count). The van der Waals surface area contributed by atoms with E-state index >= 15 is 0 Å². The maximum absolute atomic E-state index is 5.83. The highest BCUT2D eigenvalue weighted by molar-refractivity contribution is 6.01. The third-order valence-electron chi connectivity index (χ3n) is 15.6. The second-order valence-electron chi connectivity index (χ2n) is 28.0. The van der Waals surface area contributed by atoms with Crippen molar-refractivity contribution in [2.75, 3.05) is 0 Å². The van der Waals surface area contributed by atoms with Crippen LogP contribution in [0.1, 0.15) is 181 Å². The summed E-state index contributed by atoms with van der Waals surface area (Å²) in [7, 11) is 0. The highest BCUT2D eigenvalue weighted by Gasteiger charge is 2.28. The predicted molar refractivity (Wildman–Crippen MR) is 329 cm³/mol. The van der Waals surface area contributed by atoms with Gasteiger partial charge >= 0.3 is 0 Å². The number of hydrogen-bond acceptors (Lipinski definition) is 2. The van der Waals surface area contributed by atoms with E-state index < -0.39 is 0 Å². The first kappa shape index (κ1) is 52.4. The molecule has 4 nitrogen and oxygen atoms in total. The van der Waals surface area contributed by atoms with E-state index in [1.165, 1.54) is 44.5 Å². The maximum atomic E-state index is 5.83. The molecular formula is C72H80N4. The normalized spacial score (nSPS) is 13.6. The van der Waals surface area contributed by atoms with Gasteiger partial charge in [0.15, 0.2) is 0 Å². The number of benzene rings is 3. The summed E-state index contributed by atoms with van der Waals surface area (Å²) in [5, 5.41) is 0. The number of nitrogens with zero attached hydrogens (tertiary/aromatic N) is 2. The van der Waals surface area contributed by atoms with Gasteiger partial charge in [-0.05, 0) is 160 Å². The molecule has 4 aliphatic rings. The molecule has 0 saturated carbocycles. The van der Waals surface area contributed by atoms with Crippen LogP contribution in [0.15, 0.2) is 121 Å². The number of rotatable bonds is 4. The van der Waals surface area contributed by atoms with Crippen molar-refractivity contribution in [3.63, 3.8) is 0 Å². The molecule has 388 valence electrons. The van der Waals surface area contributed by atoms with Gasteiger partial charge in [-0.2, -0.15) is 0 Å². The van der Waals surface area contributed by atoms with E-state index in [-0.39, 0.29) is 32.5 Å². The van der Waals surface area contributed by atoms with Gasteiger partial charge in [0.05, 0.1) is 22.8 Å². The van der Waals surface area contributed by atoms with Gasteiger partial charge < -0.3 is 9.97 Å². The van der Waals surface area contributed by atoms with Gasteiger partial charge in [0, 0.05) is 44.3 Å². The molecule has 2 N–H and O–H groups in total. The predicted octanol–water partition coefficient (Wildman–Crippen LogP) is 20.2. The lowest BCUT2D eigenvalue weighted by Gasteiger charge is -2.26. The van der Waals surface area contributed by atoms with Gasteiger partial charge in [-0.3, -0.25) is 0 Å². The number of aromatic amines is 2. The number of fused-ring (bicyclic) bond motifs is 9. The van der Waals surface area contributed by atoms with Gasteiger partial charge in [0.25, 0.3) is 0 Å². The fourth-order valence-electron chi connectivity index (χ4n) is 10.7. The third kappa shape index (κ3) is 10.2. The molecular weight excluding hydrogens is 921 g/mol. The molecule has 3 aromatic carbocycles. The second-order valence-corrected chi connectivity index (χ2v) is 28.0. The van der Waals surface area contributed by atoms with Gasteiger partial charge in [-0.15, -0.1) is 0 Å². The van der Waals surface area contributed by atoms with E-state index in [2.05, 4.69) is 280 Å². The van der Waals surface area contributed by atoms with Gasteiger partial charge in [-0.1, -0.05) is 210 Å². The molecule has 2 aliphatic carbocycles. The minimum Gasteiger partial charge on any atom is -0.354 e. The van der Waals surface area contributed by atoms with Crippen molar-refractivity contribution >= 4 is 46.4 Å². The van der Waals surface area contributed by atoms with Crippen molar-refractivity contribution in [2.24, 2.45) is 0 Å². The first-order chi connectivity index (χ1) is 35.4. The summed E-state index contributed by atoms with van der Waals surface area (Å²) in [5.74, 6) is 0. The Morgan fingerprint density at radius 3 is 0.697 bits per heavy atom. The van der Waals surface area contributed by atoms with Gasteiger partial charge in [0.1, 0.15) is 0 Å². The molecule has 4 heteroatoms. The van der Waals surface area contributed by atoms with Crippen molar-refractivity contribution in [3.8, 4) is 55.6 Å². The molecule has 0 unspecified atom stereocenters. The standard InChI is InChI=1S/C72H80N4/c1-67(2,3)49-34-46(35-50(40-49)68(4,5)6)64-57-26-24-55(73-57)63(45-32-43-22-20-19-21-23-44(43)33-45)56-25-27-58(74-56)65(47-36-51(69(7,8)9)41-52(37-47)70(10,11)12)60-29-31-62(76-60)66(61-30-28-59(64)75-61)48-38-53(71(13,14)15)42-54(39-48)72(16,17)18/h19-42,73,76H,1-18H3. The van der Waals surface area contributed by atoms with Crippen LogP contribution < -0.4 is 0 Å². The average Bonchev–Trinajstić information content (AvgIpc) is 4.22. The molecule has 2 aliphatic heterocycles. The maximum Gasteiger partial charge on any atom is 0.0737 e. The Morgan fingerprint density at radius 1 is 0.250 bits per heavy atom. The molecule has 0 atom stereocenters. The minimum atomic E-state index is -0.0939. The Labute approximate surface area is 454 Å². The quantitative estimate of drug-likeness (QED) is 0.185. The lowest BCUT2D eigenvalue weighted by Crippen LogP contribution is -2.16. The van der Waals surface area contributed by atoms with Crippen molar-refractivity contribution < 1.29 is 0 Å². The van der Waals surface area contributed by atoms with E-state index in [0.29, 0.717) is 0 Å². The van der Waals surface area contributed by atoms with E-state index in [1.54, 1.807) is 0 Å². The molecule has 0 amide bonds. The van der Waals surface area contributed by atoms with E-state index in [1.807, 2.05) is 0 Å². The van der Waals surface area contributed by atoms with Crippen LogP contribution in [-0.4, -0.2) is 19.9 Å². The fraction of sp³-hybridized carbons (Fsp3) is 0.333. The summed E-state index contributed by atoms with van der Waals surface area (Å²) < 4.78 is 0. The summed E-state index contributed by atoms with van der Waals surface area (Å²) in [5.41, 5.74) is 26.0. The Bertz CT molecular complexity index is 3600. The monoisotopic (exact) mass is 1000 g/mol. The highest BCUT2D eigenvalue weighted by atomic mass is 14.8. The molecule has 6 aromatic rings. The van der Waals surface area contributed by atoms with Gasteiger partial charge in [-0.25, -0.2) is 9.97 Å². The highest BCUT2D eigenvalue weighted by Crippen LogP contribution is 2.44. The van der Waals surface area contributed by atoms with E-state index in [4.69, 9.17) is 9.97 Å². The summed E-state index contributed by atoms with van der Waals surface area (Å²) in [6.45, 7) is 41.7. The summed E-state index contributed by atoms with van der Waals surface area (Å²) in [4.78, 5) is 19.8. The number of hydrogen-bond donors (Lipinski definition) is 2. The molecule has 76 heavy (non-hydrogen) atoms. The van der Waals surface area contributed by atoms with Crippen LogP contribution in [0.2, 0.25) is 0 Å². The SMILES string of the molecule is CC(C)(C)c1cc(-c2c3nc(c(-c4cc(C(C)(C)C)cc(C(C)(C)C)c4)c4ccc([nH]4)c(-c4cc(C(C)(C)C)cc(C(C)(C)C)c4)c4nc(c(-c5cc6cccccc-6c5)c5ccc2[nH]5)C=C4)C=C3)cc(C(C)(C)C)c1. The fourth-order valence-corrected chi connectivity index (χ4v) is 10.7. The largest absolute Gasteiger partial charge is 0.354 e. The van der Waals surface area contributed by atoms with Crippen LogP contribution in [0.5, 0.6) is 0 Å². The summed E-state index contributed by atoms with van der Waals surface area (Å²) in [6.07, 6.45) is 8.95. The zero-order valence-electron chi connectivity index (χ0n) is 48.8. The Morgan fingerprint density at radius 2 is 0.474 bits per heavy atom. The number of aromatic nitrogens is 4. The third-order valence-corrected chi connectivity index (χ3v) is 15.6. The molecule has 8 bridgehead atoms. The molecule has 0 fully saturated rings. The average molecular weight is 1000 g/mol. The first-order valence-electron chi connectivity index (χ1n) is 27.5. The Hall–Kier alpha value is -7.04. The lowest BCUT2D eigenvalue weighted by molar-refractivity contribution is 0.568. The summed E-state index contributed by atoms with van der Waals surface area (Å²) >= 11 is 0. The first-order valence-corrected chi connectivity index (χ1v) is 27.5. The summed E-state index contributed by atoms with van der Waals surface area (Å²) in [6, 6.07) is 46.1. The second kappa shape index (κ2) is 18.3. The number of H-pyrrole nitrogens is 2. The lowest BCUT2D eigenvalue weighted by atomic mass is 9.78. The van der Waals surface area contributed by atoms with Crippen molar-refractivity contribution in [1.82, 2.24) is 19.9 Å². The van der Waals surface area contributed by atoms with E-state index in [9.17, 15) is 0 Å². The smallest absolute Gasteiger partial charge is 0.0737 e. The van der Waals surface area contributed by atoms with Crippen LogP contribution in [0, 0.1) is 0 Å². The Kier molecular flexibility index (Phi) is 12.6. The van der Waals surface area contributed by atoms with Crippen molar-refractivity contribution in [3.05, 3.63) is 177 Å². The van der Waals surface area contributed by atoms with Crippen molar-refractivity contribution in [1.29, 1.82) is 0 Å². The minimum absolute atomic E-state index is 0.0910. The molecule has 5 heterocycles. The van der Waals surface area contributed by atoms with Gasteiger partial charge in [0.2, 0.25) is 0 Å². The van der Waals surface area contributed by atoms with E-state index in [0.717, 1.165) is 89.4 Å².